The number of fused-ring (bicyclic) bond motifs is 1. The number of nitrogens with one attached hydrogen (secondary N) is 3. The standard InChI is InChI=1S/C22H22FN7O/c1-13-15(11-19(31)26-13)10-16-12-25-30-20(16)28-21(27-18-5-6-18)29-22(30)24-8-7-14-3-2-4-17(23)9-14/h2-4,9-10,12,18H,1,5-8,11H2,(H,26,31)(H2,24,27,28,29)/b15-10+. The number of amides is 1. The zero-order valence-corrected chi connectivity index (χ0v) is 16.9. The summed E-state index contributed by atoms with van der Waals surface area (Å²) in [6.07, 6.45) is 6.70. The van der Waals surface area contributed by atoms with Crippen LogP contribution in [0, 0.1) is 5.82 Å². The van der Waals surface area contributed by atoms with Crippen molar-refractivity contribution in [1.29, 1.82) is 0 Å². The summed E-state index contributed by atoms with van der Waals surface area (Å²) in [6.45, 7) is 4.45. The third kappa shape index (κ3) is 4.25. The maximum atomic E-state index is 13.4. The minimum absolute atomic E-state index is 0.0712. The molecule has 2 fully saturated rings. The molecule has 31 heavy (non-hydrogen) atoms. The first-order chi connectivity index (χ1) is 15.0. The molecule has 1 aliphatic heterocycles. The predicted octanol–water partition coefficient (Wildman–Crippen LogP) is 2.91. The number of anilines is 2. The number of aromatic nitrogens is 4. The number of carbonyl (C=O) groups is 1. The topological polar surface area (TPSA) is 96.2 Å². The molecule has 2 aromatic heterocycles. The predicted molar refractivity (Wildman–Crippen MR) is 116 cm³/mol. The molecule has 0 atom stereocenters. The smallest absolute Gasteiger partial charge is 0.229 e. The summed E-state index contributed by atoms with van der Waals surface area (Å²) in [6, 6.07) is 6.95. The number of halogens is 1. The number of rotatable bonds is 7. The van der Waals surface area contributed by atoms with Crippen molar-refractivity contribution in [2.75, 3.05) is 17.2 Å². The lowest BCUT2D eigenvalue weighted by Crippen LogP contribution is -2.14. The monoisotopic (exact) mass is 419 g/mol. The van der Waals surface area contributed by atoms with Gasteiger partial charge >= 0.3 is 0 Å². The van der Waals surface area contributed by atoms with Crippen molar-refractivity contribution in [3.63, 3.8) is 0 Å². The third-order valence-electron chi connectivity index (χ3n) is 5.25. The van der Waals surface area contributed by atoms with E-state index in [9.17, 15) is 9.18 Å². The van der Waals surface area contributed by atoms with Crippen LogP contribution in [-0.2, 0) is 11.2 Å². The van der Waals surface area contributed by atoms with Crippen LogP contribution >= 0.6 is 0 Å². The van der Waals surface area contributed by atoms with E-state index in [4.69, 9.17) is 0 Å². The minimum atomic E-state index is -0.246. The lowest BCUT2D eigenvalue weighted by Gasteiger charge is -2.10. The normalized spacial score (nSPS) is 17.4. The molecule has 1 aliphatic carbocycles. The Kier molecular flexibility index (Phi) is 4.85. The second-order valence-corrected chi connectivity index (χ2v) is 7.80. The van der Waals surface area contributed by atoms with E-state index < -0.39 is 0 Å². The summed E-state index contributed by atoms with van der Waals surface area (Å²) in [4.78, 5) is 20.9. The molecule has 1 aromatic carbocycles. The van der Waals surface area contributed by atoms with Crippen molar-refractivity contribution in [2.24, 2.45) is 0 Å². The van der Waals surface area contributed by atoms with E-state index in [-0.39, 0.29) is 18.1 Å². The van der Waals surface area contributed by atoms with Gasteiger partial charge in [-0.1, -0.05) is 18.7 Å². The van der Waals surface area contributed by atoms with Crippen LogP contribution in [0.2, 0.25) is 0 Å². The average molecular weight is 419 g/mol. The molecule has 0 unspecified atom stereocenters. The highest BCUT2D eigenvalue weighted by Gasteiger charge is 2.24. The van der Waals surface area contributed by atoms with Gasteiger partial charge in [0, 0.05) is 23.8 Å². The van der Waals surface area contributed by atoms with Gasteiger partial charge in [-0.05, 0) is 48.6 Å². The molecule has 8 nitrogen and oxygen atoms in total. The summed E-state index contributed by atoms with van der Waals surface area (Å²) in [5, 5.41) is 13.8. The van der Waals surface area contributed by atoms with Crippen LogP contribution in [-0.4, -0.2) is 38.1 Å². The Morgan fingerprint density at radius 1 is 1.32 bits per heavy atom. The van der Waals surface area contributed by atoms with Gasteiger partial charge < -0.3 is 16.0 Å². The number of nitrogens with zero attached hydrogens (tertiary/aromatic N) is 4. The molecule has 3 aromatic rings. The molecule has 0 bridgehead atoms. The number of allylic oxidation sites excluding steroid dienone is 1. The van der Waals surface area contributed by atoms with Gasteiger partial charge in [-0.15, -0.1) is 0 Å². The number of hydrogen-bond acceptors (Lipinski definition) is 6. The van der Waals surface area contributed by atoms with E-state index in [1.165, 1.54) is 12.1 Å². The lowest BCUT2D eigenvalue weighted by atomic mass is 10.1. The highest BCUT2D eigenvalue weighted by molar-refractivity contribution is 5.89. The van der Waals surface area contributed by atoms with Gasteiger partial charge in [0.15, 0.2) is 5.65 Å². The van der Waals surface area contributed by atoms with Crippen LogP contribution in [0.1, 0.15) is 30.4 Å². The zero-order valence-electron chi connectivity index (χ0n) is 16.9. The Labute approximate surface area is 178 Å². The molecular weight excluding hydrogens is 397 g/mol. The van der Waals surface area contributed by atoms with Gasteiger partial charge in [0.05, 0.1) is 12.6 Å². The molecule has 9 heteroatoms. The maximum absolute atomic E-state index is 13.4. The second kappa shape index (κ2) is 7.82. The van der Waals surface area contributed by atoms with Gasteiger partial charge in [-0.2, -0.15) is 19.6 Å². The van der Waals surface area contributed by atoms with Crippen molar-refractivity contribution in [3.8, 4) is 0 Å². The summed E-state index contributed by atoms with van der Waals surface area (Å²) >= 11 is 0. The molecule has 0 radical (unpaired) electrons. The average Bonchev–Trinajstić information content (AvgIpc) is 3.36. The molecule has 0 spiro atoms. The van der Waals surface area contributed by atoms with Gasteiger partial charge in [0.1, 0.15) is 5.82 Å². The van der Waals surface area contributed by atoms with E-state index in [1.807, 2.05) is 12.1 Å². The lowest BCUT2D eigenvalue weighted by molar-refractivity contribution is -0.118. The van der Waals surface area contributed by atoms with Gasteiger partial charge in [0.25, 0.3) is 0 Å². The molecule has 1 saturated carbocycles. The summed E-state index contributed by atoms with van der Waals surface area (Å²) < 4.78 is 15.1. The van der Waals surface area contributed by atoms with Crippen LogP contribution in [0.3, 0.4) is 0 Å². The van der Waals surface area contributed by atoms with Crippen molar-refractivity contribution >= 4 is 29.5 Å². The third-order valence-corrected chi connectivity index (χ3v) is 5.25. The van der Waals surface area contributed by atoms with Crippen LogP contribution in [0.25, 0.3) is 11.7 Å². The van der Waals surface area contributed by atoms with E-state index in [2.05, 4.69) is 37.6 Å². The SMILES string of the molecule is C=C1NC(=O)C/C1=C\c1cnn2c(NCCc3cccc(F)c3)nc(NC3CC3)nc12. The highest BCUT2D eigenvalue weighted by atomic mass is 19.1. The number of benzene rings is 1. The fourth-order valence-electron chi connectivity index (χ4n) is 3.49. The molecule has 2 aliphatic rings. The van der Waals surface area contributed by atoms with Crippen molar-refractivity contribution in [1.82, 2.24) is 24.9 Å². The Morgan fingerprint density at radius 3 is 2.94 bits per heavy atom. The molecule has 158 valence electrons. The van der Waals surface area contributed by atoms with Crippen LogP contribution < -0.4 is 16.0 Å². The molecule has 1 amide bonds. The van der Waals surface area contributed by atoms with Crippen LogP contribution in [0.15, 0.2) is 48.3 Å². The number of carbonyl (C=O) groups excluding carboxylic acids is 1. The molecule has 5 rings (SSSR count). The maximum Gasteiger partial charge on any atom is 0.229 e. The summed E-state index contributed by atoms with van der Waals surface area (Å²) in [5.41, 5.74) is 3.73. The second-order valence-electron chi connectivity index (χ2n) is 7.80. The Bertz CT molecular complexity index is 1210. The Morgan fingerprint density at radius 2 is 2.19 bits per heavy atom. The van der Waals surface area contributed by atoms with E-state index in [1.54, 1.807) is 16.8 Å². The van der Waals surface area contributed by atoms with Crippen LogP contribution in [0.4, 0.5) is 16.3 Å². The summed E-state index contributed by atoms with van der Waals surface area (Å²) in [7, 11) is 0. The fraction of sp³-hybridized carbons (Fsp3) is 0.273. The largest absolute Gasteiger partial charge is 0.354 e. The van der Waals surface area contributed by atoms with Gasteiger partial charge in [-0.3, -0.25) is 4.79 Å². The van der Waals surface area contributed by atoms with Crippen molar-refractivity contribution in [3.05, 3.63) is 65.3 Å². The Hall–Kier alpha value is -3.75. The zero-order chi connectivity index (χ0) is 21.4. The van der Waals surface area contributed by atoms with Gasteiger partial charge in [0.2, 0.25) is 17.8 Å². The first-order valence-electron chi connectivity index (χ1n) is 10.3. The number of hydrogen-bond donors (Lipinski definition) is 3. The quantitative estimate of drug-likeness (QED) is 0.545. The minimum Gasteiger partial charge on any atom is -0.354 e. The van der Waals surface area contributed by atoms with Gasteiger partial charge in [-0.25, -0.2) is 4.39 Å². The van der Waals surface area contributed by atoms with E-state index in [0.717, 1.165) is 29.5 Å². The highest BCUT2D eigenvalue weighted by Crippen LogP contribution is 2.26. The first-order valence-corrected chi connectivity index (χ1v) is 10.3. The van der Waals surface area contributed by atoms with Crippen molar-refractivity contribution < 1.29 is 9.18 Å². The molecule has 3 heterocycles. The van der Waals surface area contributed by atoms with Crippen LogP contribution in [0.5, 0.6) is 0 Å². The first kappa shape index (κ1) is 19.2. The molecule has 1 saturated heterocycles. The van der Waals surface area contributed by atoms with Crippen molar-refractivity contribution in [2.45, 2.75) is 31.7 Å². The molecular formula is C22H22FN7O. The summed E-state index contributed by atoms with van der Waals surface area (Å²) in [5.74, 6) is 0.763. The molecule has 3 N–H and O–H groups in total. The fourth-order valence-corrected chi connectivity index (χ4v) is 3.49. The van der Waals surface area contributed by atoms with E-state index in [0.29, 0.717) is 42.2 Å². The van der Waals surface area contributed by atoms with E-state index >= 15 is 0 Å². The Balaban J connectivity index is 1.44.